The van der Waals surface area contributed by atoms with Crippen molar-refractivity contribution in [3.8, 4) is 0 Å². The lowest BCUT2D eigenvalue weighted by Gasteiger charge is -2.25. The molecule has 0 heterocycles. The molecule has 13 nitrogen and oxygen atoms in total. The SMILES string of the molecule is CC(N)C(=O)NC(C)C(=O)NC(C(=O)NC(CCCN=C(N)N)C(=O)O)C(C)O. The molecule has 29 heavy (non-hydrogen) atoms. The first-order chi connectivity index (χ1) is 13.4. The first-order valence-electron chi connectivity index (χ1n) is 8.99. The van der Waals surface area contributed by atoms with Gasteiger partial charge in [-0.15, -0.1) is 0 Å². The predicted octanol–water partition coefficient (Wildman–Crippen LogP) is -3.67. The molecule has 0 aliphatic heterocycles. The van der Waals surface area contributed by atoms with Gasteiger partial charge in [-0.25, -0.2) is 4.79 Å². The van der Waals surface area contributed by atoms with E-state index >= 15 is 0 Å². The van der Waals surface area contributed by atoms with Crippen molar-refractivity contribution in [2.75, 3.05) is 6.54 Å². The molecular weight excluding hydrogens is 386 g/mol. The lowest BCUT2D eigenvalue weighted by molar-refractivity contribution is -0.143. The van der Waals surface area contributed by atoms with Crippen LogP contribution in [0.4, 0.5) is 0 Å². The molecule has 0 fully saturated rings. The maximum absolute atomic E-state index is 12.4. The van der Waals surface area contributed by atoms with Crippen molar-refractivity contribution in [2.45, 2.75) is 63.9 Å². The molecule has 0 saturated carbocycles. The van der Waals surface area contributed by atoms with Crippen LogP contribution in [0.1, 0.15) is 33.6 Å². The third-order valence-corrected chi connectivity index (χ3v) is 3.79. The van der Waals surface area contributed by atoms with Crippen molar-refractivity contribution >= 4 is 29.7 Å². The van der Waals surface area contributed by atoms with Crippen LogP contribution >= 0.6 is 0 Å². The van der Waals surface area contributed by atoms with Gasteiger partial charge in [0.05, 0.1) is 12.1 Å². The number of aliphatic imine (C=N–C) groups is 1. The van der Waals surface area contributed by atoms with Crippen LogP contribution in [0.3, 0.4) is 0 Å². The van der Waals surface area contributed by atoms with Gasteiger partial charge in [-0.1, -0.05) is 0 Å². The lowest BCUT2D eigenvalue weighted by atomic mass is 10.1. The highest BCUT2D eigenvalue weighted by Crippen LogP contribution is 2.02. The molecule has 166 valence electrons. The average Bonchev–Trinajstić information content (AvgIpc) is 2.60. The third kappa shape index (κ3) is 10.3. The van der Waals surface area contributed by atoms with E-state index < -0.39 is 54.0 Å². The maximum atomic E-state index is 12.4. The fourth-order valence-corrected chi connectivity index (χ4v) is 2.12. The van der Waals surface area contributed by atoms with Gasteiger partial charge in [0, 0.05) is 6.54 Å². The Morgan fingerprint density at radius 3 is 2.00 bits per heavy atom. The summed E-state index contributed by atoms with van der Waals surface area (Å²) in [4.78, 5) is 51.3. The molecular formula is C16H31N7O6. The summed E-state index contributed by atoms with van der Waals surface area (Å²) in [5.41, 5.74) is 15.8. The Morgan fingerprint density at radius 2 is 1.55 bits per heavy atom. The Balaban J connectivity index is 4.96. The number of carboxylic acid groups (broad SMARTS) is 1. The summed E-state index contributed by atoms with van der Waals surface area (Å²) in [6, 6.07) is -4.57. The molecule has 5 atom stereocenters. The molecule has 0 radical (unpaired) electrons. The molecule has 5 unspecified atom stereocenters. The van der Waals surface area contributed by atoms with Crippen molar-refractivity contribution in [3.63, 3.8) is 0 Å². The van der Waals surface area contributed by atoms with E-state index in [1.165, 1.54) is 20.8 Å². The van der Waals surface area contributed by atoms with E-state index in [0.717, 1.165) is 0 Å². The van der Waals surface area contributed by atoms with E-state index in [2.05, 4.69) is 20.9 Å². The number of aliphatic hydroxyl groups is 1. The van der Waals surface area contributed by atoms with Crippen LogP contribution in [0.25, 0.3) is 0 Å². The zero-order valence-electron chi connectivity index (χ0n) is 16.7. The Morgan fingerprint density at radius 1 is 0.966 bits per heavy atom. The summed E-state index contributed by atoms with van der Waals surface area (Å²) in [6.45, 7) is 4.24. The van der Waals surface area contributed by atoms with Gasteiger partial charge in [0.15, 0.2) is 5.96 Å². The fraction of sp³-hybridized carbons (Fsp3) is 0.688. The topological polar surface area (TPSA) is 235 Å². The van der Waals surface area contributed by atoms with Crippen LogP contribution in [0, 0.1) is 0 Å². The van der Waals surface area contributed by atoms with Gasteiger partial charge < -0.3 is 43.4 Å². The second kappa shape index (κ2) is 12.5. The maximum Gasteiger partial charge on any atom is 0.326 e. The number of carbonyl (C=O) groups is 4. The quantitative estimate of drug-likeness (QED) is 0.0885. The van der Waals surface area contributed by atoms with Crippen LogP contribution in [0.2, 0.25) is 0 Å². The first kappa shape index (κ1) is 26.1. The van der Waals surface area contributed by atoms with Gasteiger partial charge in [-0.3, -0.25) is 19.4 Å². The van der Waals surface area contributed by atoms with E-state index in [4.69, 9.17) is 17.2 Å². The van der Waals surface area contributed by atoms with Gasteiger partial charge in [-0.05, 0) is 33.6 Å². The highest BCUT2D eigenvalue weighted by atomic mass is 16.4. The van der Waals surface area contributed by atoms with Crippen molar-refractivity contribution in [1.82, 2.24) is 16.0 Å². The highest BCUT2D eigenvalue weighted by molar-refractivity contribution is 5.94. The summed E-state index contributed by atoms with van der Waals surface area (Å²) >= 11 is 0. The minimum absolute atomic E-state index is 0.0270. The molecule has 0 aliphatic carbocycles. The molecule has 0 saturated heterocycles. The number of aliphatic carboxylic acids is 1. The molecule has 3 amide bonds. The van der Waals surface area contributed by atoms with Crippen molar-refractivity contribution < 1.29 is 29.4 Å². The second-order valence-electron chi connectivity index (χ2n) is 6.59. The second-order valence-corrected chi connectivity index (χ2v) is 6.59. The van der Waals surface area contributed by atoms with Gasteiger partial charge in [0.1, 0.15) is 18.1 Å². The summed E-state index contributed by atoms with van der Waals surface area (Å²) < 4.78 is 0. The normalized spacial score (nSPS) is 15.8. The number of hydrogen-bond acceptors (Lipinski definition) is 7. The molecule has 0 rings (SSSR count). The number of rotatable bonds is 12. The molecule has 0 aromatic heterocycles. The molecule has 0 bridgehead atoms. The third-order valence-electron chi connectivity index (χ3n) is 3.79. The van der Waals surface area contributed by atoms with Crippen molar-refractivity contribution in [1.29, 1.82) is 0 Å². The van der Waals surface area contributed by atoms with E-state index in [1.807, 2.05) is 0 Å². The molecule has 13 heteroatoms. The fourth-order valence-electron chi connectivity index (χ4n) is 2.12. The minimum Gasteiger partial charge on any atom is -0.480 e. The average molecular weight is 417 g/mol. The van der Waals surface area contributed by atoms with E-state index in [9.17, 15) is 29.4 Å². The van der Waals surface area contributed by atoms with Crippen LogP contribution < -0.4 is 33.2 Å². The molecule has 11 N–H and O–H groups in total. The number of carbonyl (C=O) groups excluding carboxylic acids is 3. The lowest BCUT2D eigenvalue weighted by Crippen LogP contribution is -2.59. The van der Waals surface area contributed by atoms with Gasteiger partial charge in [0.2, 0.25) is 17.7 Å². The van der Waals surface area contributed by atoms with E-state index in [1.54, 1.807) is 0 Å². The largest absolute Gasteiger partial charge is 0.480 e. The Bertz CT molecular complexity index is 619. The van der Waals surface area contributed by atoms with Crippen LogP contribution in [0.5, 0.6) is 0 Å². The summed E-state index contributed by atoms with van der Waals surface area (Å²) in [7, 11) is 0. The van der Waals surface area contributed by atoms with E-state index in [0.29, 0.717) is 0 Å². The summed E-state index contributed by atoms with van der Waals surface area (Å²) in [6.07, 6.45) is -1.02. The number of hydrogen-bond donors (Lipinski definition) is 8. The Hall–Kier alpha value is -2.93. The smallest absolute Gasteiger partial charge is 0.326 e. The number of amides is 3. The number of nitrogens with zero attached hydrogens (tertiary/aromatic N) is 1. The molecule has 0 aromatic carbocycles. The number of carboxylic acids is 1. The zero-order chi connectivity index (χ0) is 22.7. The number of guanidine groups is 1. The van der Waals surface area contributed by atoms with Gasteiger partial charge in [-0.2, -0.15) is 0 Å². The highest BCUT2D eigenvalue weighted by Gasteiger charge is 2.31. The molecule has 0 aromatic rings. The van der Waals surface area contributed by atoms with Crippen molar-refractivity contribution in [2.24, 2.45) is 22.2 Å². The first-order valence-corrected chi connectivity index (χ1v) is 8.99. The van der Waals surface area contributed by atoms with Crippen LogP contribution in [0.15, 0.2) is 4.99 Å². The van der Waals surface area contributed by atoms with Crippen LogP contribution in [-0.2, 0) is 19.2 Å². The van der Waals surface area contributed by atoms with Crippen molar-refractivity contribution in [3.05, 3.63) is 0 Å². The predicted molar refractivity (Wildman–Crippen MR) is 104 cm³/mol. The summed E-state index contributed by atoms with van der Waals surface area (Å²) in [5.74, 6) is -3.65. The molecule has 0 spiro atoms. The number of aliphatic hydroxyl groups excluding tert-OH is 1. The standard InChI is InChI=1S/C16H31N7O6/c1-7(17)12(25)21-8(2)13(26)23-11(9(3)24)14(27)22-10(15(28)29)5-4-6-20-16(18)19/h7-11,24H,4-6,17H2,1-3H3,(H,21,25)(H,22,27)(H,23,26)(H,28,29)(H4,18,19,20). The van der Waals surface area contributed by atoms with Crippen LogP contribution in [-0.4, -0.2) is 76.7 Å². The Kier molecular flexibility index (Phi) is 11.2. The van der Waals surface area contributed by atoms with Gasteiger partial charge in [0.25, 0.3) is 0 Å². The zero-order valence-corrected chi connectivity index (χ0v) is 16.7. The number of nitrogens with two attached hydrogens (primary N) is 3. The van der Waals surface area contributed by atoms with Gasteiger partial charge >= 0.3 is 5.97 Å². The summed E-state index contributed by atoms with van der Waals surface area (Å²) in [5, 5.41) is 26.0. The minimum atomic E-state index is -1.43. The van der Waals surface area contributed by atoms with E-state index in [-0.39, 0.29) is 25.3 Å². The molecule has 0 aliphatic rings. The Labute approximate surface area is 168 Å². The number of nitrogens with one attached hydrogen (secondary N) is 3. The monoisotopic (exact) mass is 417 g/mol.